The summed E-state index contributed by atoms with van der Waals surface area (Å²) in [5.41, 5.74) is -0.319. The zero-order valence-electron chi connectivity index (χ0n) is 7.59. The molecular formula is C8H13N3OS. The zero-order valence-corrected chi connectivity index (χ0v) is 8.41. The van der Waals surface area contributed by atoms with Crippen molar-refractivity contribution in [2.24, 2.45) is 0 Å². The lowest BCUT2D eigenvalue weighted by atomic mass is 9.94. The van der Waals surface area contributed by atoms with Gasteiger partial charge in [-0.25, -0.2) is 4.79 Å². The smallest absolute Gasteiger partial charge is 0.314 e. The van der Waals surface area contributed by atoms with E-state index < -0.39 is 0 Å². The Bertz CT molecular complexity index is 260. The van der Waals surface area contributed by atoms with Crippen molar-refractivity contribution in [1.29, 1.82) is 5.41 Å². The molecule has 0 saturated carbocycles. The number of rotatable bonds is 0. The molecule has 2 N–H and O–H groups in total. The highest BCUT2D eigenvalue weighted by atomic mass is 32.2. The largest absolute Gasteiger partial charge is 0.323 e. The molecule has 1 atom stereocenters. The molecule has 1 spiro atoms. The molecule has 13 heavy (non-hydrogen) atoms. The predicted octanol–water partition coefficient (Wildman–Crippen LogP) is 0.884. The molecule has 2 rings (SSSR count). The fourth-order valence-electron chi connectivity index (χ4n) is 1.91. The second-order valence-corrected chi connectivity index (χ2v) is 4.66. The molecule has 1 unspecified atom stereocenters. The van der Waals surface area contributed by atoms with E-state index in [9.17, 15) is 4.79 Å². The quantitative estimate of drug-likeness (QED) is 0.608. The van der Waals surface area contributed by atoms with E-state index in [-0.39, 0.29) is 11.6 Å². The molecule has 72 valence electrons. The first kappa shape index (κ1) is 8.87. The number of hydrogen-bond acceptors (Lipinski definition) is 3. The average Bonchev–Trinajstić information content (AvgIpc) is 2.34. The summed E-state index contributed by atoms with van der Waals surface area (Å²) in [5.74, 6) is 2.39. The third-order valence-electron chi connectivity index (χ3n) is 2.86. The third kappa shape index (κ3) is 1.14. The number of nitrogens with one attached hydrogen (secondary N) is 2. The fourth-order valence-corrected chi connectivity index (χ4v) is 3.22. The van der Waals surface area contributed by atoms with E-state index >= 15 is 0 Å². The molecule has 2 aliphatic rings. The highest BCUT2D eigenvalue weighted by Crippen LogP contribution is 2.34. The van der Waals surface area contributed by atoms with Crippen LogP contribution >= 0.6 is 11.8 Å². The fraction of sp³-hybridized carbons (Fsp3) is 0.750. The van der Waals surface area contributed by atoms with Crippen LogP contribution < -0.4 is 5.32 Å². The minimum Gasteiger partial charge on any atom is -0.314 e. The summed E-state index contributed by atoms with van der Waals surface area (Å²) in [6, 6.07) is -0.132. The normalized spacial score (nSPS) is 34.1. The van der Waals surface area contributed by atoms with Gasteiger partial charge in [-0.2, -0.15) is 11.8 Å². The van der Waals surface area contributed by atoms with Gasteiger partial charge in [-0.15, -0.1) is 0 Å². The van der Waals surface area contributed by atoms with Gasteiger partial charge in [-0.3, -0.25) is 10.7 Å². The number of likely N-dealkylation sites (N-methyl/N-ethyl adjacent to an activating group) is 1. The lowest BCUT2D eigenvalue weighted by Crippen LogP contribution is -2.51. The zero-order chi connectivity index (χ0) is 9.47. The maximum atomic E-state index is 11.3. The van der Waals surface area contributed by atoms with E-state index in [0.717, 1.165) is 24.3 Å². The highest BCUT2D eigenvalue weighted by molar-refractivity contribution is 7.99. The molecule has 2 aliphatic heterocycles. The van der Waals surface area contributed by atoms with E-state index in [0.29, 0.717) is 5.84 Å². The van der Waals surface area contributed by atoms with E-state index in [4.69, 9.17) is 5.41 Å². The van der Waals surface area contributed by atoms with Crippen molar-refractivity contribution >= 4 is 23.6 Å². The summed E-state index contributed by atoms with van der Waals surface area (Å²) in [6.07, 6.45) is 2.01. The molecule has 0 bridgehead atoms. The number of nitrogens with zero attached hydrogens (tertiary/aromatic N) is 1. The Hall–Kier alpha value is -0.710. The number of thioether (sulfide) groups is 1. The van der Waals surface area contributed by atoms with Crippen LogP contribution in [0, 0.1) is 5.41 Å². The second-order valence-electron chi connectivity index (χ2n) is 3.55. The highest BCUT2D eigenvalue weighted by Gasteiger charge is 2.48. The van der Waals surface area contributed by atoms with Crippen LogP contribution in [0.3, 0.4) is 0 Å². The number of carbonyl (C=O) groups excluding carboxylic acids is 1. The molecule has 2 saturated heterocycles. The molecule has 4 nitrogen and oxygen atoms in total. The molecule has 0 aromatic rings. The summed E-state index contributed by atoms with van der Waals surface area (Å²) in [7, 11) is 1.78. The van der Waals surface area contributed by atoms with Gasteiger partial charge in [0.15, 0.2) is 0 Å². The van der Waals surface area contributed by atoms with E-state index in [1.54, 1.807) is 11.9 Å². The van der Waals surface area contributed by atoms with E-state index in [2.05, 4.69) is 5.32 Å². The molecule has 0 aromatic heterocycles. The minimum atomic E-state index is -0.319. The Balaban J connectivity index is 2.28. The molecule has 2 heterocycles. The van der Waals surface area contributed by atoms with E-state index in [1.165, 1.54) is 0 Å². The van der Waals surface area contributed by atoms with Crippen molar-refractivity contribution in [1.82, 2.24) is 10.2 Å². The molecular weight excluding hydrogens is 186 g/mol. The van der Waals surface area contributed by atoms with Crippen LogP contribution in [0.5, 0.6) is 0 Å². The third-order valence-corrected chi connectivity index (χ3v) is 4.12. The predicted molar refractivity (Wildman–Crippen MR) is 53.3 cm³/mol. The minimum absolute atomic E-state index is 0.132. The lowest BCUT2D eigenvalue weighted by molar-refractivity contribution is 0.194. The first-order chi connectivity index (χ1) is 6.17. The van der Waals surface area contributed by atoms with Gasteiger partial charge in [0, 0.05) is 12.8 Å². The first-order valence-corrected chi connectivity index (χ1v) is 5.54. The van der Waals surface area contributed by atoms with Gasteiger partial charge in [0.25, 0.3) is 0 Å². The summed E-state index contributed by atoms with van der Waals surface area (Å²) in [5, 5.41) is 10.3. The maximum Gasteiger partial charge on any atom is 0.323 e. The van der Waals surface area contributed by atoms with Crippen LogP contribution in [0.2, 0.25) is 0 Å². The number of urea groups is 1. The first-order valence-electron chi connectivity index (χ1n) is 4.38. The van der Waals surface area contributed by atoms with Crippen LogP contribution in [-0.2, 0) is 0 Å². The molecule has 2 amide bonds. The summed E-state index contributed by atoms with van der Waals surface area (Å²) < 4.78 is 0. The Morgan fingerprint density at radius 2 is 2.46 bits per heavy atom. The van der Waals surface area contributed by atoms with Crippen LogP contribution in [0.25, 0.3) is 0 Å². The van der Waals surface area contributed by atoms with Crippen LogP contribution in [0.1, 0.15) is 12.8 Å². The Morgan fingerprint density at radius 1 is 1.69 bits per heavy atom. The summed E-state index contributed by atoms with van der Waals surface area (Å²) in [4.78, 5) is 13.0. The van der Waals surface area contributed by atoms with Crippen molar-refractivity contribution in [3.8, 4) is 0 Å². The Morgan fingerprint density at radius 3 is 2.92 bits per heavy atom. The van der Waals surface area contributed by atoms with Gasteiger partial charge >= 0.3 is 6.03 Å². The number of hydrogen-bond donors (Lipinski definition) is 2. The van der Waals surface area contributed by atoms with Gasteiger partial charge in [-0.1, -0.05) is 0 Å². The Labute approximate surface area is 81.6 Å². The Kier molecular flexibility index (Phi) is 1.98. The van der Waals surface area contributed by atoms with Crippen LogP contribution in [-0.4, -0.2) is 40.9 Å². The monoisotopic (exact) mass is 199 g/mol. The number of amides is 2. The summed E-state index contributed by atoms with van der Waals surface area (Å²) in [6.45, 7) is 0. The van der Waals surface area contributed by atoms with Gasteiger partial charge < -0.3 is 4.90 Å². The van der Waals surface area contributed by atoms with Gasteiger partial charge in [-0.05, 0) is 18.6 Å². The van der Waals surface area contributed by atoms with Crippen molar-refractivity contribution in [3.05, 3.63) is 0 Å². The average molecular weight is 199 g/mol. The molecule has 0 aliphatic carbocycles. The molecule has 0 aromatic carbocycles. The van der Waals surface area contributed by atoms with Gasteiger partial charge in [0.05, 0.1) is 0 Å². The number of amidine groups is 1. The van der Waals surface area contributed by atoms with Gasteiger partial charge in [0.2, 0.25) is 0 Å². The van der Waals surface area contributed by atoms with E-state index in [1.807, 2.05) is 11.8 Å². The molecule has 5 heteroatoms. The van der Waals surface area contributed by atoms with Crippen LogP contribution in [0.15, 0.2) is 0 Å². The molecule has 2 fully saturated rings. The second kappa shape index (κ2) is 2.90. The van der Waals surface area contributed by atoms with Crippen molar-refractivity contribution in [2.45, 2.75) is 18.4 Å². The summed E-state index contributed by atoms with van der Waals surface area (Å²) >= 11 is 1.83. The number of carbonyl (C=O) groups is 1. The SMILES string of the molecule is CN1C(=O)NC(=N)C12CCCSC2. The van der Waals surface area contributed by atoms with Crippen LogP contribution in [0.4, 0.5) is 4.79 Å². The molecule has 0 radical (unpaired) electrons. The lowest BCUT2D eigenvalue weighted by Gasteiger charge is -2.36. The topological polar surface area (TPSA) is 56.2 Å². The van der Waals surface area contributed by atoms with Gasteiger partial charge in [0.1, 0.15) is 11.4 Å². The van der Waals surface area contributed by atoms with Crippen molar-refractivity contribution < 1.29 is 4.79 Å². The standard InChI is InChI=1S/C8H13N3OS/c1-11-7(12)10-6(9)8(11)3-2-4-13-5-8/h2-5H2,1H3,(H2,9,10,12). The van der Waals surface area contributed by atoms with Crippen molar-refractivity contribution in [2.75, 3.05) is 18.6 Å². The van der Waals surface area contributed by atoms with Crippen molar-refractivity contribution in [3.63, 3.8) is 0 Å². The maximum absolute atomic E-state index is 11.3.